The Morgan fingerprint density at radius 3 is 1.60 bits per heavy atom. The summed E-state index contributed by atoms with van der Waals surface area (Å²) in [5.41, 5.74) is 0.125. The maximum absolute atomic E-state index is 9.54. The molecular formula is C16H32N2O2. The second-order valence-corrected chi connectivity index (χ2v) is 7.42. The number of hydrogen-bond donors (Lipinski definition) is 4. The molecule has 118 valence electrons. The third-order valence-corrected chi connectivity index (χ3v) is 5.79. The fraction of sp³-hybridized carbons (Fsp3) is 1.00. The highest BCUT2D eigenvalue weighted by atomic mass is 16.3. The molecule has 0 amide bonds. The minimum absolute atomic E-state index is 0.0625. The maximum Gasteiger partial charge on any atom is 0.0499 e. The van der Waals surface area contributed by atoms with E-state index in [0.717, 1.165) is 25.9 Å². The van der Waals surface area contributed by atoms with Crippen molar-refractivity contribution in [3.05, 3.63) is 0 Å². The summed E-state index contributed by atoms with van der Waals surface area (Å²) in [4.78, 5) is 0. The Hall–Kier alpha value is -0.160. The Morgan fingerprint density at radius 2 is 1.25 bits per heavy atom. The smallest absolute Gasteiger partial charge is 0.0499 e. The molecule has 0 aromatic carbocycles. The first-order valence-corrected chi connectivity index (χ1v) is 8.22. The molecule has 4 nitrogen and oxygen atoms in total. The van der Waals surface area contributed by atoms with E-state index < -0.39 is 0 Å². The molecule has 2 rings (SSSR count). The Bertz CT molecular complexity index is 283. The highest BCUT2D eigenvalue weighted by molar-refractivity contribution is 4.95. The molecule has 4 heteroatoms. The Balaban J connectivity index is 1.69. The SMILES string of the molecule is C[C@@]1(CO)CCC[C@@H]1NCCN[C@@H]1CCC[C@@]1(C)CO. The van der Waals surface area contributed by atoms with E-state index in [1.165, 1.54) is 25.7 Å². The summed E-state index contributed by atoms with van der Waals surface area (Å²) < 4.78 is 0. The number of nitrogens with one attached hydrogen (secondary N) is 2. The predicted octanol–water partition coefficient (Wildman–Crippen LogP) is 1.27. The summed E-state index contributed by atoms with van der Waals surface area (Å²) in [6.07, 6.45) is 7.03. The summed E-state index contributed by atoms with van der Waals surface area (Å²) in [5.74, 6) is 0. The van der Waals surface area contributed by atoms with Crippen molar-refractivity contribution in [3.63, 3.8) is 0 Å². The molecule has 2 aliphatic rings. The lowest BCUT2D eigenvalue weighted by Crippen LogP contribution is -2.47. The number of rotatable bonds is 7. The number of aliphatic hydroxyl groups is 2. The average molecular weight is 284 g/mol. The van der Waals surface area contributed by atoms with Crippen molar-refractivity contribution in [1.29, 1.82) is 0 Å². The van der Waals surface area contributed by atoms with Crippen molar-refractivity contribution in [2.45, 2.75) is 64.5 Å². The van der Waals surface area contributed by atoms with Crippen LogP contribution in [-0.4, -0.2) is 48.6 Å². The summed E-state index contributed by atoms with van der Waals surface area (Å²) in [6.45, 7) is 6.82. The molecule has 0 bridgehead atoms. The topological polar surface area (TPSA) is 64.5 Å². The Morgan fingerprint density at radius 1 is 0.850 bits per heavy atom. The van der Waals surface area contributed by atoms with Gasteiger partial charge in [0.25, 0.3) is 0 Å². The minimum atomic E-state index is 0.0625. The molecule has 0 radical (unpaired) electrons. The van der Waals surface area contributed by atoms with Crippen molar-refractivity contribution >= 4 is 0 Å². The van der Waals surface area contributed by atoms with Crippen molar-refractivity contribution in [1.82, 2.24) is 10.6 Å². The third kappa shape index (κ3) is 3.35. The summed E-state index contributed by atoms with van der Waals surface area (Å²) in [7, 11) is 0. The normalized spacial score (nSPS) is 41.4. The zero-order valence-electron chi connectivity index (χ0n) is 13.1. The second kappa shape index (κ2) is 6.73. The largest absolute Gasteiger partial charge is 0.396 e. The van der Waals surface area contributed by atoms with Crippen LogP contribution < -0.4 is 10.6 Å². The van der Waals surface area contributed by atoms with Crippen LogP contribution in [0.1, 0.15) is 52.4 Å². The van der Waals surface area contributed by atoms with Crippen LogP contribution in [0.15, 0.2) is 0 Å². The van der Waals surface area contributed by atoms with E-state index in [2.05, 4.69) is 24.5 Å². The first kappa shape index (κ1) is 16.2. The monoisotopic (exact) mass is 284 g/mol. The lowest BCUT2D eigenvalue weighted by atomic mass is 9.85. The number of hydrogen-bond acceptors (Lipinski definition) is 4. The van der Waals surface area contributed by atoms with Crippen molar-refractivity contribution in [2.75, 3.05) is 26.3 Å². The van der Waals surface area contributed by atoms with E-state index in [9.17, 15) is 10.2 Å². The minimum Gasteiger partial charge on any atom is -0.396 e. The molecular weight excluding hydrogens is 252 g/mol. The van der Waals surface area contributed by atoms with Crippen LogP contribution in [0.4, 0.5) is 0 Å². The Kier molecular flexibility index (Phi) is 5.46. The van der Waals surface area contributed by atoms with Gasteiger partial charge in [-0.2, -0.15) is 0 Å². The predicted molar refractivity (Wildman–Crippen MR) is 81.7 cm³/mol. The van der Waals surface area contributed by atoms with E-state index in [1.54, 1.807) is 0 Å². The molecule has 2 saturated carbocycles. The van der Waals surface area contributed by atoms with E-state index in [1.807, 2.05) is 0 Å². The molecule has 0 aromatic rings. The van der Waals surface area contributed by atoms with E-state index in [0.29, 0.717) is 12.1 Å². The molecule has 4 atom stereocenters. The fourth-order valence-corrected chi connectivity index (χ4v) is 4.03. The highest BCUT2D eigenvalue weighted by Crippen LogP contribution is 2.38. The standard InChI is InChI=1S/C16H32N2O2/c1-15(11-19)7-3-5-13(15)17-9-10-18-14-6-4-8-16(14,2)12-20/h13-14,17-20H,3-12H2,1-2H3/t13-,14+,15-,16-/m0/s1. The van der Waals surface area contributed by atoms with Gasteiger partial charge in [-0.05, 0) is 25.7 Å². The Labute approximate surface area is 123 Å². The maximum atomic E-state index is 9.54. The van der Waals surface area contributed by atoms with Crippen molar-refractivity contribution in [3.8, 4) is 0 Å². The molecule has 0 aromatic heterocycles. The summed E-state index contributed by atoms with van der Waals surface area (Å²) in [6, 6.07) is 0.893. The molecule has 0 saturated heterocycles. The van der Waals surface area contributed by atoms with Crippen LogP contribution >= 0.6 is 0 Å². The quantitative estimate of drug-likeness (QED) is 0.532. The molecule has 4 N–H and O–H groups in total. The molecule has 0 heterocycles. The van der Waals surface area contributed by atoms with Gasteiger partial charge < -0.3 is 20.8 Å². The van der Waals surface area contributed by atoms with Crippen molar-refractivity contribution in [2.24, 2.45) is 10.8 Å². The van der Waals surface area contributed by atoms with E-state index in [-0.39, 0.29) is 24.0 Å². The average Bonchev–Trinajstić information content (AvgIpc) is 3.00. The molecule has 20 heavy (non-hydrogen) atoms. The zero-order valence-corrected chi connectivity index (χ0v) is 13.1. The van der Waals surface area contributed by atoms with E-state index >= 15 is 0 Å². The first-order chi connectivity index (χ1) is 9.54. The fourth-order valence-electron chi connectivity index (χ4n) is 4.03. The summed E-state index contributed by atoms with van der Waals surface area (Å²) in [5, 5.41) is 26.3. The lowest BCUT2D eigenvalue weighted by Gasteiger charge is -2.32. The second-order valence-electron chi connectivity index (χ2n) is 7.42. The van der Waals surface area contributed by atoms with Gasteiger partial charge in [-0.15, -0.1) is 0 Å². The van der Waals surface area contributed by atoms with Gasteiger partial charge in [0.1, 0.15) is 0 Å². The van der Waals surface area contributed by atoms with Gasteiger partial charge in [-0.1, -0.05) is 26.7 Å². The van der Waals surface area contributed by atoms with Gasteiger partial charge in [-0.25, -0.2) is 0 Å². The van der Waals surface area contributed by atoms with Gasteiger partial charge in [0.2, 0.25) is 0 Å². The third-order valence-electron chi connectivity index (χ3n) is 5.79. The van der Waals surface area contributed by atoms with Crippen LogP contribution in [0.3, 0.4) is 0 Å². The van der Waals surface area contributed by atoms with Gasteiger partial charge >= 0.3 is 0 Å². The summed E-state index contributed by atoms with van der Waals surface area (Å²) >= 11 is 0. The lowest BCUT2D eigenvalue weighted by molar-refractivity contribution is 0.113. The zero-order chi connectivity index (χ0) is 14.6. The van der Waals surface area contributed by atoms with Gasteiger partial charge in [0.05, 0.1) is 0 Å². The number of aliphatic hydroxyl groups excluding tert-OH is 2. The molecule has 0 aliphatic heterocycles. The first-order valence-electron chi connectivity index (χ1n) is 8.22. The highest BCUT2D eigenvalue weighted by Gasteiger charge is 2.39. The van der Waals surface area contributed by atoms with Gasteiger partial charge in [-0.3, -0.25) is 0 Å². The van der Waals surface area contributed by atoms with Crippen LogP contribution in [0, 0.1) is 10.8 Å². The molecule has 2 aliphatic carbocycles. The van der Waals surface area contributed by atoms with Gasteiger partial charge in [0, 0.05) is 49.2 Å². The molecule has 0 spiro atoms. The van der Waals surface area contributed by atoms with Crippen LogP contribution in [-0.2, 0) is 0 Å². The van der Waals surface area contributed by atoms with Crippen LogP contribution in [0.5, 0.6) is 0 Å². The van der Waals surface area contributed by atoms with Crippen molar-refractivity contribution < 1.29 is 10.2 Å². The molecule has 0 unspecified atom stereocenters. The van der Waals surface area contributed by atoms with E-state index in [4.69, 9.17) is 0 Å². The molecule has 2 fully saturated rings. The van der Waals surface area contributed by atoms with Crippen LogP contribution in [0.25, 0.3) is 0 Å². The van der Waals surface area contributed by atoms with Crippen LogP contribution in [0.2, 0.25) is 0 Å². The van der Waals surface area contributed by atoms with Gasteiger partial charge in [0.15, 0.2) is 0 Å².